The Balaban J connectivity index is 2.13. The predicted molar refractivity (Wildman–Crippen MR) is 71.7 cm³/mol. The van der Waals surface area contributed by atoms with Crippen LogP contribution < -0.4 is 5.73 Å². The maximum absolute atomic E-state index is 10.8. The summed E-state index contributed by atoms with van der Waals surface area (Å²) in [7, 11) is 0. The van der Waals surface area contributed by atoms with E-state index in [1.165, 1.54) is 38.5 Å². The second-order valence-electron chi connectivity index (χ2n) is 5.44. The topological polar surface area (TPSA) is 46.3 Å². The summed E-state index contributed by atoms with van der Waals surface area (Å²) in [6.45, 7) is 7.15. The zero-order chi connectivity index (χ0) is 12.7. The second kappa shape index (κ2) is 7.70. The minimum absolute atomic E-state index is 0.195. The van der Waals surface area contributed by atoms with Crippen LogP contribution in [0.2, 0.25) is 0 Å². The average Bonchev–Trinajstić information content (AvgIpc) is 2.24. The lowest BCUT2D eigenvalue weighted by atomic mass is 9.80. The number of carbonyl (C=O) groups is 1. The molecule has 0 aromatic rings. The third kappa shape index (κ3) is 5.07. The number of likely N-dealkylation sites (tertiary alicyclic amines) is 1. The molecule has 0 radical (unpaired) electrons. The van der Waals surface area contributed by atoms with E-state index in [9.17, 15) is 4.79 Å². The van der Waals surface area contributed by atoms with E-state index in [-0.39, 0.29) is 5.91 Å². The normalized spacial score (nSPS) is 18.9. The van der Waals surface area contributed by atoms with Crippen molar-refractivity contribution in [3.63, 3.8) is 0 Å². The first-order valence-corrected chi connectivity index (χ1v) is 7.18. The Morgan fingerprint density at radius 3 is 2.53 bits per heavy atom. The molecule has 3 nitrogen and oxygen atoms in total. The van der Waals surface area contributed by atoms with E-state index in [4.69, 9.17) is 5.73 Å². The number of hydrogen-bond acceptors (Lipinski definition) is 2. The largest absolute Gasteiger partial charge is 0.369 e. The summed E-state index contributed by atoms with van der Waals surface area (Å²) in [5.74, 6) is 1.47. The summed E-state index contributed by atoms with van der Waals surface area (Å²) in [6.07, 6.45) is 8.08. The number of rotatable bonds is 9. The van der Waals surface area contributed by atoms with Gasteiger partial charge in [-0.25, -0.2) is 0 Å². The number of nitrogens with zero attached hydrogens (tertiary/aromatic N) is 1. The van der Waals surface area contributed by atoms with Crippen LogP contribution in [-0.4, -0.2) is 30.4 Å². The molecule has 3 heteroatoms. The zero-order valence-electron chi connectivity index (χ0n) is 11.5. The van der Waals surface area contributed by atoms with Gasteiger partial charge in [0, 0.05) is 13.1 Å². The molecule has 1 unspecified atom stereocenters. The number of hydrogen-bond donors (Lipinski definition) is 1. The maximum Gasteiger partial charge on any atom is 0.231 e. The first-order valence-electron chi connectivity index (χ1n) is 7.18. The molecule has 1 aliphatic rings. The highest BCUT2D eigenvalue weighted by atomic mass is 16.1. The molecule has 0 aromatic heterocycles. The van der Waals surface area contributed by atoms with Gasteiger partial charge in [0.1, 0.15) is 0 Å². The zero-order valence-corrected chi connectivity index (χ0v) is 11.5. The standard InChI is InChI=1S/C14H28N2O/c1-3-5-6-7-8-12(4-2)13-9-16(10-13)11-14(15)17/h12-13H,3-11H2,1-2H3,(H2,15,17). The Labute approximate surface area is 106 Å². The number of carbonyl (C=O) groups excluding carboxylic acids is 1. The molecule has 0 spiro atoms. The first-order chi connectivity index (χ1) is 8.17. The Morgan fingerprint density at radius 2 is 2.00 bits per heavy atom. The first kappa shape index (κ1) is 14.5. The lowest BCUT2D eigenvalue weighted by molar-refractivity contribution is -0.121. The molecule has 0 bridgehead atoms. The van der Waals surface area contributed by atoms with Crippen LogP contribution in [-0.2, 0) is 4.79 Å². The molecule has 1 saturated heterocycles. The van der Waals surface area contributed by atoms with Crippen LogP contribution in [0.5, 0.6) is 0 Å². The van der Waals surface area contributed by atoms with E-state index in [0.717, 1.165) is 24.9 Å². The fourth-order valence-electron chi connectivity index (χ4n) is 2.86. The van der Waals surface area contributed by atoms with Gasteiger partial charge < -0.3 is 5.73 Å². The van der Waals surface area contributed by atoms with Crippen LogP contribution in [0.4, 0.5) is 0 Å². The van der Waals surface area contributed by atoms with E-state index in [1.807, 2.05) is 0 Å². The minimum Gasteiger partial charge on any atom is -0.369 e. The quantitative estimate of drug-likeness (QED) is 0.629. The summed E-state index contributed by atoms with van der Waals surface area (Å²) in [4.78, 5) is 12.9. The van der Waals surface area contributed by atoms with Gasteiger partial charge in [-0.2, -0.15) is 0 Å². The molecule has 0 aromatic carbocycles. The Bertz CT molecular complexity index is 224. The number of amides is 1. The molecule has 1 rings (SSSR count). The van der Waals surface area contributed by atoms with Crippen molar-refractivity contribution in [1.82, 2.24) is 4.90 Å². The van der Waals surface area contributed by atoms with E-state index in [0.29, 0.717) is 6.54 Å². The molecule has 17 heavy (non-hydrogen) atoms. The van der Waals surface area contributed by atoms with E-state index >= 15 is 0 Å². The molecule has 100 valence electrons. The van der Waals surface area contributed by atoms with Crippen molar-refractivity contribution in [2.45, 2.75) is 52.4 Å². The molecule has 1 heterocycles. The molecule has 0 saturated carbocycles. The minimum atomic E-state index is -0.195. The summed E-state index contributed by atoms with van der Waals surface area (Å²) < 4.78 is 0. The average molecular weight is 240 g/mol. The third-order valence-electron chi connectivity index (χ3n) is 3.98. The van der Waals surface area contributed by atoms with Crippen molar-refractivity contribution in [2.75, 3.05) is 19.6 Å². The maximum atomic E-state index is 10.8. The number of primary amides is 1. The fourth-order valence-corrected chi connectivity index (χ4v) is 2.86. The van der Waals surface area contributed by atoms with Gasteiger partial charge >= 0.3 is 0 Å². The van der Waals surface area contributed by atoms with Crippen molar-refractivity contribution in [3.8, 4) is 0 Å². The van der Waals surface area contributed by atoms with Crippen LogP contribution in [0.25, 0.3) is 0 Å². The van der Waals surface area contributed by atoms with Crippen molar-refractivity contribution in [1.29, 1.82) is 0 Å². The summed E-state index contributed by atoms with van der Waals surface area (Å²) in [5.41, 5.74) is 5.19. The highest BCUT2D eigenvalue weighted by Gasteiger charge is 2.32. The van der Waals surface area contributed by atoms with Gasteiger partial charge in [-0.3, -0.25) is 9.69 Å². The molecule has 2 N–H and O–H groups in total. The highest BCUT2D eigenvalue weighted by molar-refractivity contribution is 5.76. The Morgan fingerprint density at radius 1 is 1.29 bits per heavy atom. The molecule has 1 fully saturated rings. The molecular weight excluding hydrogens is 212 g/mol. The van der Waals surface area contributed by atoms with Gasteiger partial charge in [0.05, 0.1) is 6.54 Å². The van der Waals surface area contributed by atoms with Crippen LogP contribution >= 0.6 is 0 Å². The van der Waals surface area contributed by atoms with Gasteiger partial charge in [-0.1, -0.05) is 52.4 Å². The summed E-state index contributed by atoms with van der Waals surface area (Å²) in [6, 6.07) is 0. The third-order valence-corrected chi connectivity index (χ3v) is 3.98. The van der Waals surface area contributed by atoms with Gasteiger partial charge in [0.15, 0.2) is 0 Å². The van der Waals surface area contributed by atoms with Gasteiger partial charge in [0.2, 0.25) is 5.91 Å². The van der Waals surface area contributed by atoms with Crippen LogP contribution in [0, 0.1) is 11.8 Å². The molecular formula is C14H28N2O. The van der Waals surface area contributed by atoms with Gasteiger partial charge in [-0.05, 0) is 11.8 Å². The van der Waals surface area contributed by atoms with Crippen LogP contribution in [0.15, 0.2) is 0 Å². The van der Waals surface area contributed by atoms with Gasteiger partial charge in [-0.15, -0.1) is 0 Å². The Hall–Kier alpha value is -0.570. The molecule has 1 atom stereocenters. The smallest absolute Gasteiger partial charge is 0.231 e. The SMILES string of the molecule is CCCCCCC(CC)C1CN(CC(N)=O)C1. The van der Waals surface area contributed by atoms with Crippen molar-refractivity contribution < 1.29 is 4.79 Å². The highest BCUT2D eigenvalue weighted by Crippen LogP contribution is 2.30. The van der Waals surface area contributed by atoms with Crippen molar-refractivity contribution >= 4 is 5.91 Å². The van der Waals surface area contributed by atoms with E-state index < -0.39 is 0 Å². The van der Waals surface area contributed by atoms with E-state index in [1.54, 1.807) is 0 Å². The van der Waals surface area contributed by atoms with Gasteiger partial charge in [0.25, 0.3) is 0 Å². The number of nitrogens with two attached hydrogens (primary N) is 1. The summed E-state index contributed by atoms with van der Waals surface area (Å²) >= 11 is 0. The summed E-state index contributed by atoms with van der Waals surface area (Å²) in [5, 5.41) is 0. The lowest BCUT2D eigenvalue weighted by Gasteiger charge is -2.43. The van der Waals surface area contributed by atoms with Crippen LogP contribution in [0.1, 0.15) is 52.4 Å². The molecule has 1 amide bonds. The lowest BCUT2D eigenvalue weighted by Crippen LogP contribution is -2.52. The second-order valence-corrected chi connectivity index (χ2v) is 5.44. The fraction of sp³-hybridized carbons (Fsp3) is 0.929. The van der Waals surface area contributed by atoms with Crippen molar-refractivity contribution in [3.05, 3.63) is 0 Å². The molecule has 0 aliphatic carbocycles. The Kier molecular flexibility index (Phi) is 6.56. The molecule has 1 aliphatic heterocycles. The predicted octanol–water partition coefficient (Wildman–Crippen LogP) is 2.40. The van der Waals surface area contributed by atoms with Crippen molar-refractivity contribution in [2.24, 2.45) is 17.6 Å². The monoisotopic (exact) mass is 240 g/mol. The van der Waals surface area contributed by atoms with Crippen LogP contribution in [0.3, 0.4) is 0 Å². The number of unbranched alkanes of at least 4 members (excludes halogenated alkanes) is 3. The van der Waals surface area contributed by atoms with E-state index in [2.05, 4.69) is 18.7 Å².